The van der Waals surface area contributed by atoms with Gasteiger partial charge in [0.1, 0.15) is 5.78 Å². The molecule has 0 atom stereocenters. The van der Waals surface area contributed by atoms with Gasteiger partial charge in [-0.15, -0.1) is 10.2 Å². The summed E-state index contributed by atoms with van der Waals surface area (Å²) < 4.78 is 3.65. The van der Waals surface area contributed by atoms with Gasteiger partial charge in [0, 0.05) is 18.7 Å². The van der Waals surface area contributed by atoms with E-state index in [1.807, 2.05) is 28.7 Å². The molecule has 0 amide bonds. The second-order valence-corrected chi connectivity index (χ2v) is 7.64. The summed E-state index contributed by atoms with van der Waals surface area (Å²) in [6.07, 6.45) is 1.39. The lowest BCUT2D eigenvalue weighted by molar-refractivity contribution is -0.116. The Balaban J connectivity index is 2.15. The third-order valence-corrected chi connectivity index (χ3v) is 5.02. The first-order valence-electron chi connectivity index (χ1n) is 8.48. The highest BCUT2D eigenvalue weighted by atomic mass is 32.2. The molecular formula is C18H22N4O2S. The van der Waals surface area contributed by atoms with Crippen LogP contribution in [0, 0.1) is 5.92 Å². The lowest BCUT2D eigenvalue weighted by atomic mass is 10.1. The summed E-state index contributed by atoms with van der Waals surface area (Å²) in [5, 5.41) is 9.92. The molecule has 0 bridgehead atoms. The molecule has 1 aromatic carbocycles. The number of ketones is 1. The smallest absolute Gasteiger partial charge is 0.262 e. The van der Waals surface area contributed by atoms with Gasteiger partial charge in [0.25, 0.3) is 5.56 Å². The van der Waals surface area contributed by atoms with E-state index in [0.29, 0.717) is 41.0 Å². The molecule has 0 saturated heterocycles. The van der Waals surface area contributed by atoms with Crippen LogP contribution >= 0.6 is 11.8 Å². The summed E-state index contributed by atoms with van der Waals surface area (Å²) in [7, 11) is 0. The van der Waals surface area contributed by atoms with E-state index in [1.54, 1.807) is 11.5 Å². The monoisotopic (exact) mass is 358 g/mol. The van der Waals surface area contributed by atoms with Crippen molar-refractivity contribution in [2.45, 2.75) is 45.3 Å². The molecule has 0 radical (unpaired) electrons. The van der Waals surface area contributed by atoms with Crippen LogP contribution in [0.25, 0.3) is 16.7 Å². The number of benzene rings is 1. The minimum atomic E-state index is -0.0311. The zero-order chi connectivity index (χ0) is 18.0. The molecule has 25 heavy (non-hydrogen) atoms. The van der Waals surface area contributed by atoms with Crippen LogP contribution in [0.1, 0.15) is 33.6 Å². The van der Waals surface area contributed by atoms with E-state index in [1.165, 1.54) is 11.8 Å². The van der Waals surface area contributed by atoms with Crippen molar-refractivity contribution in [3.63, 3.8) is 0 Å². The van der Waals surface area contributed by atoms with E-state index in [4.69, 9.17) is 0 Å². The maximum absolute atomic E-state index is 12.9. The lowest BCUT2D eigenvalue weighted by Gasteiger charge is -2.12. The second kappa shape index (κ2) is 7.39. The van der Waals surface area contributed by atoms with Gasteiger partial charge in [-0.2, -0.15) is 0 Å². The van der Waals surface area contributed by atoms with Crippen molar-refractivity contribution in [1.29, 1.82) is 0 Å². The molecule has 6 nitrogen and oxygen atoms in total. The molecule has 132 valence electrons. The van der Waals surface area contributed by atoms with Crippen molar-refractivity contribution >= 4 is 34.2 Å². The normalized spacial score (nSPS) is 11.7. The molecule has 0 aliphatic heterocycles. The van der Waals surface area contributed by atoms with Gasteiger partial charge in [-0.05, 0) is 31.4 Å². The molecule has 0 aliphatic rings. The summed E-state index contributed by atoms with van der Waals surface area (Å²) in [5.41, 5.74) is 0.773. The fourth-order valence-electron chi connectivity index (χ4n) is 2.70. The van der Waals surface area contributed by atoms with E-state index >= 15 is 0 Å². The largest absolute Gasteiger partial charge is 0.300 e. The molecule has 3 aromatic rings. The number of carbonyl (C=O) groups excluding carboxylic acids is 1. The Morgan fingerprint density at radius 3 is 2.72 bits per heavy atom. The number of rotatable bonds is 7. The average molecular weight is 358 g/mol. The molecule has 0 fully saturated rings. The Morgan fingerprint density at radius 1 is 1.24 bits per heavy atom. The zero-order valence-corrected chi connectivity index (χ0v) is 15.5. The number of hydrogen-bond acceptors (Lipinski definition) is 5. The number of carbonyl (C=O) groups is 1. The molecule has 2 heterocycles. The average Bonchev–Trinajstić information content (AvgIpc) is 2.98. The fourth-order valence-corrected chi connectivity index (χ4v) is 3.68. The van der Waals surface area contributed by atoms with Crippen molar-refractivity contribution in [2.75, 3.05) is 5.75 Å². The Labute approximate surface area is 150 Å². The molecule has 7 heteroatoms. The summed E-state index contributed by atoms with van der Waals surface area (Å²) in [6, 6.07) is 7.53. The summed E-state index contributed by atoms with van der Waals surface area (Å²) >= 11 is 1.49. The van der Waals surface area contributed by atoms with Crippen LogP contribution in [0.3, 0.4) is 0 Å². The number of nitrogens with zero attached hydrogens (tertiary/aromatic N) is 4. The van der Waals surface area contributed by atoms with Gasteiger partial charge in [0.2, 0.25) is 5.78 Å². The maximum atomic E-state index is 12.9. The van der Waals surface area contributed by atoms with E-state index in [2.05, 4.69) is 24.0 Å². The van der Waals surface area contributed by atoms with Crippen molar-refractivity contribution in [3.05, 3.63) is 34.6 Å². The van der Waals surface area contributed by atoms with Crippen LogP contribution in [0.4, 0.5) is 0 Å². The predicted octanol–water partition coefficient (Wildman–Crippen LogP) is 3.16. The van der Waals surface area contributed by atoms with Crippen molar-refractivity contribution in [1.82, 2.24) is 19.2 Å². The van der Waals surface area contributed by atoms with Gasteiger partial charge in [-0.3, -0.25) is 18.6 Å². The van der Waals surface area contributed by atoms with Crippen molar-refractivity contribution < 1.29 is 4.79 Å². The molecule has 0 N–H and O–H groups in total. The fraction of sp³-hybridized carbons (Fsp3) is 0.444. The Bertz CT molecular complexity index is 974. The first kappa shape index (κ1) is 17.7. The highest BCUT2D eigenvalue weighted by molar-refractivity contribution is 7.99. The molecule has 0 aliphatic carbocycles. The summed E-state index contributed by atoms with van der Waals surface area (Å²) in [5.74, 6) is 1.86. The van der Waals surface area contributed by atoms with Gasteiger partial charge in [-0.25, -0.2) is 0 Å². The highest BCUT2D eigenvalue weighted by Gasteiger charge is 2.16. The SMILES string of the molecule is CC(=O)CCSc1nnc2n(CCC(C)C)c(=O)c3ccccc3n12. The van der Waals surface area contributed by atoms with E-state index in [0.717, 1.165) is 11.9 Å². The number of aryl methyl sites for hydroxylation is 1. The van der Waals surface area contributed by atoms with Crippen molar-refractivity contribution in [3.8, 4) is 0 Å². The van der Waals surface area contributed by atoms with Crippen LogP contribution in [0.15, 0.2) is 34.2 Å². The number of Topliss-reactive ketones (excluding diaryl/α,β-unsaturated/α-hetero) is 1. The van der Waals surface area contributed by atoms with Gasteiger partial charge in [0.05, 0.1) is 10.9 Å². The van der Waals surface area contributed by atoms with E-state index < -0.39 is 0 Å². The standard InChI is InChI=1S/C18H22N4O2S/c1-12(2)8-10-21-16(24)14-6-4-5-7-15(14)22-17(21)19-20-18(22)25-11-9-13(3)23/h4-7,12H,8-11H2,1-3H3. The zero-order valence-electron chi connectivity index (χ0n) is 14.7. The first-order valence-corrected chi connectivity index (χ1v) is 9.46. The topological polar surface area (TPSA) is 69.3 Å². The quantitative estimate of drug-likeness (QED) is 0.607. The summed E-state index contributed by atoms with van der Waals surface area (Å²) in [4.78, 5) is 24.1. The molecule has 3 rings (SSSR count). The van der Waals surface area contributed by atoms with Gasteiger partial charge in [0.15, 0.2) is 5.16 Å². The Morgan fingerprint density at radius 2 is 2.00 bits per heavy atom. The van der Waals surface area contributed by atoms with Crippen molar-refractivity contribution in [2.24, 2.45) is 5.92 Å². The van der Waals surface area contributed by atoms with Crippen LogP contribution < -0.4 is 5.56 Å². The van der Waals surface area contributed by atoms with E-state index in [9.17, 15) is 9.59 Å². The van der Waals surface area contributed by atoms with Gasteiger partial charge < -0.3 is 0 Å². The highest BCUT2D eigenvalue weighted by Crippen LogP contribution is 2.22. The number of hydrogen-bond donors (Lipinski definition) is 0. The van der Waals surface area contributed by atoms with E-state index in [-0.39, 0.29) is 11.3 Å². The van der Waals surface area contributed by atoms with Crippen LogP contribution in [0.5, 0.6) is 0 Å². The van der Waals surface area contributed by atoms with Gasteiger partial charge in [-0.1, -0.05) is 37.7 Å². The summed E-state index contributed by atoms with van der Waals surface area (Å²) in [6.45, 7) is 6.47. The molecule has 0 unspecified atom stereocenters. The number of aromatic nitrogens is 4. The number of thioether (sulfide) groups is 1. The third-order valence-electron chi connectivity index (χ3n) is 4.09. The predicted molar refractivity (Wildman–Crippen MR) is 100 cm³/mol. The Hall–Kier alpha value is -2.15. The first-order chi connectivity index (χ1) is 12.0. The Kier molecular flexibility index (Phi) is 5.22. The minimum absolute atomic E-state index is 0.0311. The molecule has 2 aromatic heterocycles. The second-order valence-electron chi connectivity index (χ2n) is 6.57. The van der Waals surface area contributed by atoms with Gasteiger partial charge >= 0.3 is 0 Å². The minimum Gasteiger partial charge on any atom is -0.300 e. The number of para-hydroxylation sites is 1. The molecule has 0 saturated carbocycles. The number of fused-ring (bicyclic) bond motifs is 3. The van der Waals surface area contributed by atoms with Crippen LogP contribution in [-0.4, -0.2) is 30.7 Å². The molecule has 0 spiro atoms. The van der Waals surface area contributed by atoms with Crippen LogP contribution in [-0.2, 0) is 11.3 Å². The maximum Gasteiger partial charge on any atom is 0.262 e. The van der Waals surface area contributed by atoms with Crippen LogP contribution in [0.2, 0.25) is 0 Å². The molecular weight excluding hydrogens is 336 g/mol. The third kappa shape index (κ3) is 3.61. The lowest BCUT2D eigenvalue weighted by Crippen LogP contribution is -2.24.